The fourth-order valence-electron chi connectivity index (χ4n) is 6.98. The first-order valence-electron chi connectivity index (χ1n) is 14.6. The van der Waals surface area contributed by atoms with Crippen molar-refractivity contribution in [2.24, 2.45) is 11.8 Å². The molecule has 7 nitrogen and oxygen atoms in total. The van der Waals surface area contributed by atoms with Crippen molar-refractivity contribution in [2.75, 3.05) is 31.1 Å². The van der Waals surface area contributed by atoms with Crippen molar-refractivity contribution in [1.82, 2.24) is 9.80 Å². The lowest BCUT2D eigenvalue weighted by atomic mass is 9.70. The Labute approximate surface area is 271 Å². The van der Waals surface area contributed by atoms with Crippen LogP contribution in [0.5, 0.6) is 0 Å². The van der Waals surface area contributed by atoms with Gasteiger partial charge in [0, 0.05) is 42.9 Å². The van der Waals surface area contributed by atoms with Crippen LogP contribution < -0.4 is 4.90 Å². The van der Waals surface area contributed by atoms with Crippen LogP contribution in [0.4, 0.5) is 5.69 Å². The number of carbonyl (C=O) groups excluding carboxylic acids is 3. The number of unbranched alkanes of at least 4 members (excludes halogenated alkanes) is 1. The van der Waals surface area contributed by atoms with Gasteiger partial charge in [0.25, 0.3) is 5.91 Å². The number of fused-ring (bicyclic) bond motifs is 1. The van der Waals surface area contributed by atoms with Gasteiger partial charge in [-0.1, -0.05) is 82.1 Å². The van der Waals surface area contributed by atoms with Crippen molar-refractivity contribution in [3.63, 3.8) is 0 Å². The predicted octanol–water partition coefficient (Wildman–Crippen LogP) is 5.31. The molecule has 5 rings (SSSR count). The summed E-state index contributed by atoms with van der Waals surface area (Å²) in [5, 5.41) is 9.76. The monoisotopic (exact) mass is 685 g/mol. The quantitative estimate of drug-likeness (QED) is 0.176. The van der Waals surface area contributed by atoms with E-state index in [1.165, 1.54) is 0 Å². The van der Waals surface area contributed by atoms with E-state index in [1.54, 1.807) is 50.7 Å². The molecular weight excluding hydrogens is 650 g/mol. The first kappa shape index (κ1) is 31.8. The molecule has 0 radical (unpaired) electrons. The molecule has 3 saturated heterocycles. The molecule has 3 unspecified atom stereocenters. The van der Waals surface area contributed by atoms with Gasteiger partial charge in [0.15, 0.2) is 0 Å². The second kappa shape index (κ2) is 13.6. The summed E-state index contributed by atoms with van der Waals surface area (Å²) < 4.78 is -0.792. The molecule has 1 spiro atoms. The highest BCUT2D eigenvalue weighted by Gasteiger charge is 2.76. The maximum absolute atomic E-state index is 14.7. The van der Waals surface area contributed by atoms with E-state index in [1.807, 2.05) is 42.5 Å². The average Bonchev–Trinajstić information content (AvgIpc) is 3.59. The summed E-state index contributed by atoms with van der Waals surface area (Å²) >= 11 is 12.0. The topological polar surface area (TPSA) is 81.2 Å². The van der Waals surface area contributed by atoms with Crippen molar-refractivity contribution in [3.05, 3.63) is 90.5 Å². The van der Waals surface area contributed by atoms with Crippen LogP contribution in [0.25, 0.3) is 0 Å². The highest BCUT2D eigenvalue weighted by atomic mass is 79.9. The van der Waals surface area contributed by atoms with E-state index in [-0.39, 0.29) is 41.0 Å². The lowest BCUT2D eigenvalue weighted by Crippen LogP contribution is -2.56. The van der Waals surface area contributed by atoms with Gasteiger partial charge < -0.3 is 19.8 Å². The van der Waals surface area contributed by atoms with E-state index in [4.69, 9.17) is 11.6 Å². The highest BCUT2D eigenvalue weighted by molar-refractivity contribution is 9.09. The minimum absolute atomic E-state index is 0.00512. The van der Waals surface area contributed by atoms with Gasteiger partial charge in [-0.15, -0.1) is 24.9 Å². The summed E-state index contributed by atoms with van der Waals surface area (Å²) in [4.78, 5) is 48.6. The normalized spacial score (nSPS) is 27.2. The molecular formula is C33H37BrClN3O4S. The first-order chi connectivity index (χ1) is 20.8. The number of thioether (sulfide) groups is 1. The zero-order valence-corrected chi connectivity index (χ0v) is 27.1. The number of anilines is 1. The Morgan fingerprint density at radius 2 is 1.77 bits per heavy atom. The van der Waals surface area contributed by atoms with Crippen LogP contribution in [0, 0.1) is 11.8 Å². The number of aliphatic hydroxyl groups excluding tert-OH is 1. The van der Waals surface area contributed by atoms with Gasteiger partial charge in [0.05, 0.1) is 27.3 Å². The summed E-state index contributed by atoms with van der Waals surface area (Å²) in [6, 6.07) is 16.1. The zero-order valence-electron chi connectivity index (χ0n) is 24.0. The zero-order chi connectivity index (χ0) is 30.7. The van der Waals surface area contributed by atoms with Crippen LogP contribution in [0.2, 0.25) is 5.02 Å². The van der Waals surface area contributed by atoms with Crippen LogP contribution >= 0.6 is 39.3 Å². The van der Waals surface area contributed by atoms with Crippen molar-refractivity contribution in [2.45, 2.75) is 46.7 Å². The largest absolute Gasteiger partial charge is 0.396 e. The molecule has 6 atom stereocenters. The molecule has 2 aromatic rings. The van der Waals surface area contributed by atoms with Gasteiger partial charge in [-0.05, 0) is 37.0 Å². The number of likely N-dealkylation sites (tertiary alicyclic amines) is 1. The van der Waals surface area contributed by atoms with Crippen molar-refractivity contribution < 1.29 is 19.5 Å². The van der Waals surface area contributed by atoms with E-state index >= 15 is 0 Å². The molecule has 3 aliphatic heterocycles. The number of hydrogen-bond acceptors (Lipinski definition) is 5. The fourth-order valence-corrected chi connectivity index (χ4v) is 10.8. The third-order valence-corrected chi connectivity index (χ3v) is 12.3. The Morgan fingerprint density at radius 1 is 1.07 bits per heavy atom. The number of amides is 3. The second-order valence-electron chi connectivity index (χ2n) is 11.3. The number of alkyl halides is 1. The molecule has 2 bridgehead atoms. The fraction of sp³-hybridized carbons (Fsp3) is 0.424. The molecule has 0 aliphatic carbocycles. The van der Waals surface area contributed by atoms with Gasteiger partial charge in [0.1, 0.15) is 6.04 Å². The maximum Gasteiger partial charge on any atom is 0.251 e. The summed E-state index contributed by atoms with van der Waals surface area (Å²) in [7, 11) is 0. The molecule has 3 aliphatic rings. The molecule has 10 heteroatoms. The molecule has 1 N–H and O–H groups in total. The molecule has 228 valence electrons. The lowest BCUT2D eigenvalue weighted by molar-refractivity contribution is -0.144. The van der Waals surface area contributed by atoms with Gasteiger partial charge in [-0.2, -0.15) is 0 Å². The smallest absolute Gasteiger partial charge is 0.251 e. The molecule has 3 fully saturated rings. The Hall–Kier alpha value is -2.59. The van der Waals surface area contributed by atoms with Crippen LogP contribution in [-0.4, -0.2) is 79.7 Å². The summed E-state index contributed by atoms with van der Waals surface area (Å²) in [6.45, 7) is 9.05. The Morgan fingerprint density at radius 3 is 2.44 bits per heavy atom. The van der Waals surface area contributed by atoms with E-state index < -0.39 is 22.6 Å². The SMILES string of the molecule is C=CCN(Cc1ccccc1)C(=O)[C@H]1[C@@H]2SC3(CC2Br)C(C(=O)N(CC=C)c2ccccc2Cl)N(CCCCO)C(=O)[C@H]13. The summed E-state index contributed by atoms with van der Waals surface area (Å²) in [5.74, 6) is -1.73. The number of benzene rings is 2. The molecule has 3 heterocycles. The van der Waals surface area contributed by atoms with Crippen LogP contribution in [0.1, 0.15) is 24.8 Å². The van der Waals surface area contributed by atoms with E-state index in [9.17, 15) is 19.5 Å². The molecule has 0 aromatic heterocycles. The number of para-hydroxylation sites is 1. The number of hydrogen-bond donors (Lipinski definition) is 1. The third kappa shape index (κ3) is 5.81. The number of rotatable bonds is 13. The van der Waals surface area contributed by atoms with Crippen molar-refractivity contribution in [1.29, 1.82) is 0 Å². The number of nitrogens with zero attached hydrogens (tertiary/aromatic N) is 3. The number of aliphatic hydroxyl groups is 1. The minimum atomic E-state index is -0.797. The summed E-state index contributed by atoms with van der Waals surface area (Å²) in [5.41, 5.74) is 1.55. The Kier molecular flexibility index (Phi) is 10.1. The van der Waals surface area contributed by atoms with E-state index in [0.717, 1.165) is 5.56 Å². The molecule has 2 aromatic carbocycles. The second-order valence-corrected chi connectivity index (χ2v) is 14.4. The van der Waals surface area contributed by atoms with E-state index in [0.29, 0.717) is 49.6 Å². The van der Waals surface area contributed by atoms with Crippen molar-refractivity contribution in [3.8, 4) is 0 Å². The minimum Gasteiger partial charge on any atom is -0.396 e. The standard InChI is InChI=1S/C33H37BrClN3O4S/c1-3-16-36(21-22-12-6-5-7-13-22)30(40)26-27-31(41)38(18-10-11-19-39)29(33(27)20-23(34)28(26)43-33)32(42)37(17-4-2)25-15-9-8-14-24(25)35/h3-9,12-15,23,26-29,39H,1-2,10-11,16-21H2/t23?,26-,27+,28-,29?,33?/m1/s1. The molecule has 43 heavy (non-hydrogen) atoms. The number of carbonyl (C=O) groups is 3. The van der Waals surface area contributed by atoms with E-state index in [2.05, 4.69) is 29.1 Å². The number of halogens is 2. The van der Waals surface area contributed by atoms with Crippen LogP contribution in [-0.2, 0) is 20.9 Å². The Bertz CT molecular complexity index is 1380. The van der Waals surface area contributed by atoms with Gasteiger partial charge in [0.2, 0.25) is 11.8 Å². The molecule has 3 amide bonds. The van der Waals surface area contributed by atoms with Crippen LogP contribution in [0.3, 0.4) is 0 Å². The molecule has 0 saturated carbocycles. The lowest BCUT2D eigenvalue weighted by Gasteiger charge is -2.38. The average molecular weight is 687 g/mol. The summed E-state index contributed by atoms with van der Waals surface area (Å²) in [6.07, 6.45) is 5.00. The Balaban J connectivity index is 1.55. The van der Waals surface area contributed by atoms with Gasteiger partial charge in [-0.25, -0.2) is 0 Å². The highest BCUT2D eigenvalue weighted by Crippen LogP contribution is 2.68. The van der Waals surface area contributed by atoms with Crippen molar-refractivity contribution >= 4 is 62.7 Å². The predicted molar refractivity (Wildman–Crippen MR) is 176 cm³/mol. The van der Waals surface area contributed by atoms with Gasteiger partial charge in [-0.3, -0.25) is 14.4 Å². The first-order valence-corrected chi connectivity index (χ1v) is 16.8. The third-order valence-electron chi connectivity index (χ3n) is 8.71. The maximum atomic E-state index is 14.7. The van der Waals surface area contributed by atoms with Gasteiger partial charge >= 0.3 is 0 Å². The van der Waals surface area contributed by atoms with Crippen LogP contribution in [0.15, 0.2) is 79.9 Å².